The maximum atomic E-state index is 13.3. The number of fused-ring (bicyclic) bond motifs is 3. The average molecular weight is 411 g/mol. The smallest absolute Gasteiger partial charge is 0.338 e. The van der Waals surface area contributed by atoms with E-state index in [-0.39, 0.29) is 12.4 Å². The predicted molar refractivity (Wildman–Crippen MR) is 120 cm³/mol. The lowest BCUT2D eigenvalue weighted by molar-refractivity contribution is -0.138. The molecule has 31 heavy (non-hydrogen) atoms. The Balaban J connectivity index is 1.84. The van der Waals surface area contributed by atoms with Crippen molar-refractivity contribution in [3.8, 4) is 5.75 Å². The minimum absolute atomic E-state index is 0.131. The summed E-state index contributed by atoms with van der Waals surface area (Å²) >= 11 is 0. The molecule has 5 rings (SSSR count). The van der Waals surface area contributed by atoms with Gasteiger partial charge in [0.15, 0.2) is 0 Å². The standard InChI is InChI=1S/C25H21N3O3/c1-2-31-24(30)21-22(16-9-4-3-5-10-16)27-25-26-19-13-6-7-14-20(19)28(25)23(21)17-11-8-12-18(29)15-17/h3-15,23,29H,2H2,1H3,(H,26,27)/t23-/m1/s1. The number of nitrogens with one attached hydrogen (secondary N) is 1. The summed E-state index contributed by atoms with van der Waals surface area (Å²) in [6, 6.07) is 23.9. The largest absolute Gasteiger partial charge is 0.508 e. The highest BCUT2D eigenvalue weighted by Crippen LogP contribution is 2.42. The Morgan fingerprint density at radius 3 is 2.61 bits per heavy atom. The minimum atomic E-state index is -0.523. The molecular weight excluding hydrogens is 390 g/mol. The predicted octanol–water partition coefficient (Wildman–Crippen LogP) is 4.73. The van der Waals surface area contributed by atoms with Gasteiger partial charge in [0.1, 0.15) is 5.75 Å². The zero-order valence-electron chi connectivity index (χ0n) is 16.9. The summed E-state index contributed by atoms with van der Waals surface area (Å²) in [4.78, 5) is 18.1. The number of hydrogen-bond donors (Lipinski definition) is 2. The fourth-order valence-electron chi connectivity index (χ4n) is 4.10. The first kappa shape index (κ1) is 18.9. The van der Waals surface area contributed by atoms with Crippen molar-refractivity contribution in [3.63, 3.8) is 0 Å². The lowest BCUT2D eigenvalue weighted by Crippen LogP contribution is -2.29. The lowest BCUT2D eigenvalue weighted by atomic mass is 9.92. The van der Waals surface area contributed by atoms with Crippen molar-refractivity contribution < 1.29 is 14.6 Å². The number of nitrogens with zero attached hydrogens (tertiary/aromatic N) is 2. The molecule has 1 aliphatic heterocycles. The molecule has 1 atom stereocenters. The van der Waals surface area contributed by atoms with Gasteiger partial charge in [-0.2, -0.15) is 0 Å². The third-order valence-corrected chi connectivity index (χ3v) is 5.38. The number of aromatic hydroxyl groups is 1. The summed E-state index contributed by atoms with van der Waals surface area (Å²) in [6.07, 6.45) is 0. The topological polar surface area (TPSA) is 76.4 Å². The molecule has 0 spiro atoms. The Hall–Kier alpha value is -4.06. The van der Waals surface area contributed by atoms with Crippen LogP contribution in [-0.2, 0) is 9.53 Å². The van der Waals surface area contributed by atoms with E-state index in [1.165, 1.54) is 0 Å². The van der Waals surface area contributed by atoms with Crippen LogP contribution in [0.1, 0.15) is 24.1 Å². The third-order valence-electron chi connectivity index (χ3n) is 5.38. The molecule has 0 saturated heterocycles. The van der Waals surface area contributed by atoms with Crippen LogP contribution < -0.4 is 5.32 Å². The molecule has 4 aromatic rings. The van der Waals surface area contributed by atoms with Crippen LogP contribution in [0.25, 0.3) is 16.7 Å². The molecule has 0 fully saturated rings. The van der Waals surface area contributed by atoms with Crippen molar-refractivity contribution in [2.24, 2.45) is 0 Å². The quantitative estimate of drug-likeness (QED) is 0.475. The van der Waals surface area contributed by atoms with Crippen LogP contribution >= 0.6 is 0 Å². The number of imidazole rings is 1. The van der Waals surface area contributed by atoms with Crippen LogP contribution in [0.15, 0.2) is 84.4 Å². The van der Waals surface area contributed by atoms with Crippen LogP contribution in [0.4, 0.5) is 5.95 Å². The number of ether oxygens (including phenoxy) is 1. The maximum Gasteiger partial charge on any atom is 0.338 e. The SMILES string of the molecule is CCOC(=O)C1=C(c2ccccc2)Nc2nc3ccccc3n2[C@@H]1c1cccc(O)c1. The molecule has 0 radical (unpaired) electrons. The number of rotatable bonds is 4. The number of aromatic nitrogens is 2. The summed E-state index contributed by atoms with van der Waals surface area (Å²) < 4.78 is 7.47. The normalized spacial score (nSPS) is 15.5. The van der Waals surface area contributed by atoms with E-state index in [1.807, 2.05) is 65.2 Å². The van der Waals surface area contributed by atoms with Gasteiger partial charge in [0, 0.05) is 0 Å². The fourth-order valence-corrected chi connectivity index (χ4v) is 4.10. The van der Waals surface area contributed by atoms with E-state index in [0.717, 1.165) is 22.2 Å². The Labute approximate surface area is 179 Å². The van der Waals surface area contributed by atoms with Crippen LogP contribution in [0.3, 0.4) is 0 Å². The molecule has 0 saturated carbocycles. The number of phenols is 1. The van der Waals surface area contributed by atoms with E-state index in [2.05, 4.69) is 5.32 Å². The zero-order chi connectivity index (χ0) is 21.4. The van der Waals surface area contributed by atoms with Gasteiger partial charge in [0.05, 0.1) is 35.0 Å². The van der Waals surface area contributed by atoms with E-state index < -0.39 is 12.0 Å². The monoisotopic (exact) mass is 411 g/mol. The molecule has 6 heteroatoms. The van der Waals surface area contributed by atoms with Gasteiger partial charge >= 0.3 is 5.97 Å². The first-order valence-electron chi connectivity index (χ1n) is 10.2. The first-order valence-corrected chi connectivity index (χ1v) is 10.2. The van der Waals surface area contributed by atoms with Gasteiger partial charge in [-0.25, -0.2) is 9.78 Å². The molecule has 2 heterocycles. The van der Waals surface area contributed by atoms with Crippen LogP contribution in [0, 0.1) is 0 Å². The number of esters is 1. The van der Waals surface area contributed by atoms with Gasteiger partial charge in [-0.3, -0.25) is 4.57 Å². The van der Waals surface area contributed by atoms with Crippen molar-refractivity contribution in [1.82, 2.24) is 9.55 Å². The average Bonchev–Trinajstić information content (AvgIpc) is 3.17. The molecule has 0 bridgehead atoms. The second-order valence-electron chi connectivity index (χ2n) is 7.29. The number of carbonyl (C=O) groups excluding carboxylic acids is 1. The Morgan fingerprint density at radius 1 is 1.06 bits per heavy atom. The van der Waals surface area contributed by atoms with Crippen molar-refractivity contribution in [2.45, 2.75) is 13.0 Å². The summed E-state index contributed by atoms with van der Waals surface area (Å²) in [5.74, 6) is 0.346. The third kappa shape index (κ3) is 3.22. The van der Waals surface area contributed by atoms with Gasteiger partial charge in [0.25, 0.3) is 0 Å². The first-order chi connectivity index (χ1) is 15.2. The van der Waals surface area contributed by atoms with E-state index >= 15 is 0 Å². The van der Waals surface area contributed by atoms with Gasteiger partial charge in [-0.05, 0) is 42.3 Å². The van der Waals surface area contributed by atoms with Crippen LogP contribution in [0.5, 0.6) is 5.75 Å². The Morgan fingerprint density at radius 2 is 1.84 bits per heavy atom. The van der Waals surface area contributed by atoms with Crippen LogP contribution in [-0.4, -0.2) is 27.2 Å². The molecule has 1 aliphatic rings. The van der Waals surface area contributed by atoms with Gasteiger partial charge in [-0.15, -0.1) is 0 Å². The molecule has 0 unspecified atom stereocenters. The molecule has 2 N–H and O–H groups in total. The van der Waals surface area contributed by atoms with E-state index in [1.54, 1.807) is 25.1 Å². The number of phenolic OH excluding ortho intramolecular Hbond substituents is 1. The van der Waals surface area contributed by atoms with Gasteiger partial charge < -0.3 is 15.2 Å². The molecule has 3 aromatic carbocycles. The van der Waals surface area contributed by atoms with Crippen molar-refractivity contribution in [2.75, 3.05) is 11.9 Å². The second kappa shape index (κ2) is 7.65. The molecular formula is C25H21N3O3. The zero-order valence-corrected chi connectivity index (χ0v) is 16.9. The summed E-state index contributed by atoms with van der Waals surface area (Å²) in [5.41, 5.74) is 4.43. The maximum absolute atomic E-state index is 13.3. The Kier molecular flexibility index (Phi) is 4.67. The number of anilines is 1. The van der Waals surface area contributed by atoms with E-state index in [4.69, 9.17) is 9.72 Å². The van der Waals surface area contributed by atoms with Gasteiger partial charge in [0.2, 0.25) is 5.95 Å². The highest BCUT2D eigenvalue weighted by Gasteiger charge is 2.36. The van der Waals surface area contributed by atoms with Crippen molar-refractivity contribution in [3.05, 3.63) is 95.6 Å². The van der Waals surface area contributed by atoms with Crippen molar-refractivity contribution in [1.29, 1.82) is 0 Å². The second-order valence-corrected chi connectivity index (χ2v) is 7.29. The molecule has 0 amide bonds. The number of hydrogen-bond acceptors (Lipinski definition) is 5. The molecule has 154 valence electrons. The van der Waals surface area contributed by atoms with E-state index in [0.29, 0.717) is 17.2 Å². The molecule has 0 aliphatic carbocycles. The summed E-state index contributed by atoms with van der Waals surface area (Å²) in [6.45, 7) is 2.05. The number of para-hydroxylation sites is 2. The highest BCUT2D eigenvalue weighted by atomic mass is 16.5. The van der Waals surface area contributed by atoms with Gasteiger partial charge in [-0.1, -0.05) is 54.6 Å². The lowest BCUT2D eigenvalue weighted by Gasteiger charge is -2.31. The van der Waals surface area contributed by atoms with E-state index in [9.17, 15) is 9.90 Å². The summed E-state index contributed by atoms with van der Waals surface area (Å²) in [5, 5.41) is 13.6. The highest BCUT2D eigenvalue weighted by molar-refractivity contribution is 6.03. The van der Waals surface area contributed by atoms with Crippen LogP contribution in [0.2, 0.25) is 0 Å². The number of benzene rings is 3. The molecule has 1 aromatic heterocycles. The fraction of sp³-hybridized carbons (Fsp3) is 0.120. The van der Waals surface area contributed by atoms with Crippen molar-refractivity contribution >= 4 is 28.6 Å². The molecule has 6 nitrogen and oxygen atoms in total. The summed E-state index contributed by atoms with van der Waals surface area (Å²) in [7, 11) is 0. The Bertz CT molecular complexity index is 1310. The number of carbonyl (C=O) groups is 1. The minimum Gasteiger partial charge on any atom is -0.508 e.